The van der Waals surface area contributed by atoms with Crippen molar-refractivity contribution in [1.82, 2.24) is 15.4 Å². The highest BCUT2D eigenvalue weighted by Gasteiger charge is 2.04. The van der Waals surface area contributed by atoms with Gasteiger partial charge in [0, 0.05) is 10.5 Å². The zero-order valence-electron chi connectivity index (χ0n) is 8.11. The number of thioether (sulfide) groups is 1. The van der Waals surface area contributed by atoms with Crippen LogP contribution in [-0.2, 0) is 0 Å². The van der Waals surface area contributed by atoms with Crippen LogP contribution in [0.15, 0.2) is 29.2 Å². The van der Waals surface area contributed by atoms with Crippen LogP contribution in [0.2, 0.25) is 0 Å². The highest BCUT2D eigenvalue weighted by atomic mass is 32.2. The summed E-state index contributed by atoms with van der Waals surface area (Å²) >= 11 is 1.74. The van der Waals surface area contributed by atoms with Gasteiger partial charge >= 0.3 is 0 Å². The maximum atomic E-state index is 3.92. The van der Waals surface area contributed by atoms with Gasteiger partial charge in [-0.1, -0.05) is 17.3 Å². The van der Waals surface area contributed by atoms with Crippen molar-refractivity contribution in [1.29, 1.82) is 0 Å². The van der Waals surface area contributed by atoms with E-state index in [1.165, 1.54) is 4.90 Å². The third kappa shape index (κ3) is 1.65. The van der Waals surface area contributed by atoms with E-state index >= 15 is 0 Å². The van der Waals surface area contributed by atoms with Crippen LogP contribution < -0.4 is 0 Å². The van der Waals surface area contributed by atoms with E-state index in [1.807, 2.05) is 6.92 Å². The molecular formula is C10H11N3S. The maximum absolute atomic E-state index is 3.92. The van der Waals surface area contributed by atoms with Crippen LogP contribution in [0.4, 0.5) is 0 Å². The number of nitrogens with one attached hydrogen (secondary N) is 1. The molecule has 0 aliphatic carbocycles. The second-order valence-corrected chi connectivity index (χ2v) is 3.88. The van der Waals surface area contributed by atoms with Gasteiger partial charge in [0.1, 0.15) is 0 Å². The average Bonchev–Trinajstić information content (AvgIpc) is 2.65. The number of benzene rings is 1. The molecule has 0 spiro atoms. The molecule has 1 aromatic carbocycles. The molecule has 2 rings (SSSR count). The van der Waals surface area contributed by atoms with Crippen LogP contribution in [-0.4, -0.2) is 21.7 Å². The second-order valence-electron chi connectivity index (χ2n) is 3.00. The number of aromatic amines is 1. The van der Waals surface area contributed by atoms with Gasteiger partial charge < -0.3 is 0 Å². The second kappa shape index (κ2) is 3.84. The van der Waals surface area contributed by atoms with E-state index in [0.717, 1.165) is 17.0 Å². The van der Waals surface area contributed by atoms with Gasteiger partial charge in [-0.05, 0) is 25.3 Å². The summed E-state index contributed by atoms with van der Waals surface area (Å²) in [6.07, 6.45) is 2.07. The lowest BCUT2D eigenvalue weighted by molar-refractivity contribution is 0.929. The van der Waals surface area contributed by atoms with Gasteiger partial charge in [-0.2, -0.15) is 0 Å². The first-order chi connectivity index (χ1) is 6.81. The predicted molar refractivity (Wildman–Crippen MR) is 58.3 cm³/mol. The van der Waals surface area contributed by atoms with Gasteiger partial charge in [0.2, 0.25) is 0 Å². The van der Waals surface area contributed by atoms with E-state index in [1.54, 1.807) is 11.8 Å². The average molecular weight is 205 g/mol. The van der Waals surface area contributed by atoms with Crippen LogP contribution in [0.3, 0.4) is 0 Å². The van der Waals surface area contributed by atoms with Crippen LogP contribution in [0.5, 0.6) is 0 Å². The molecule has 0 aliphatic rings. The summed E-state index contributed by atoms with van der Waals surface area (Å²) in [6.45, 7) is 1.95. The highest BCUT2D eigenvalue weighted by molar-refractivity contribution is 7.98. The summed E-state index contributed by atoms with van der Waals surface area (Å²) in [4.78, 5) is 1.26. The van der Waals surface area contributed by atoms with Crippen molar-refractivity contribution in [2.75, 3.05) is 6.26 Å². The molecule has 1 N–H and O–H groups in total. The van der Waals surface area contributed by atoms with Crippen molar-refractivity contribution in [3.05, 3.63) is 30.0 Å². The predicted octanol–water partition coefficient (Wildman–Crippen LogP) is 2.50. The Hall–Kier alpha value is -1.29. The molecule has 0 fully saturated rings. The number of nitrogens with zero attached hydrogens (tertiary/aromatic N) is 2. The van der Waals surface area contributed by atoms with Crippen molar-refractivity contribution in [3.8, 4) is 11.3 Å². The molecule has 2 aromatic rings. The maximum Gasteiger partial charge on any atom is 0.0882 e. The summed E-state index contributed by atoms with van der Waals surface area (Å²) in [7, 11) is 0. The fourth-order valence-electron chi connectivity index (χ4n) is 1.31. The normalized spacial score (nSPS) is 10.4. The highest BCUT2D eigenvalue weighted by Crippen LogP contribution is 2.22. The molecule has 72 valence electrons. The molecule has 3 nitrogen and oxygen atoms in total. The molecule has 0 aliphatic heterocycles. The number of hydrogen-bond acceptors (Lipinski definition) is 3. The Morgan fingerprint density at radius 1 is 1.21 bits per heavy atom. The number of aryl methyl sites for hydroxylation is 1. The van der Waals surface area contributed by atoms with Crippen molar-refractivity contribution in [3.63, 3.8) is 0 Å². The SMILES string of the molecule is CSc1ccc(-c2[nH]nnc2C)cc1. The minimum absolute atomic E-state index is 0.932. The monoisotopic (exact) mass is 205 g/mol. The first kappa shape index (κ1) is 9.27. The van der Waals surface area contributed by atoms with E-state index in [0.29, 0.717) is 0 Å². The summed E-state index contributed by atoms with van der Waals surface area (Å²) < 4.78 is 0. The molecule has 1 heterocycles. The van der Waals surface area contributed by atoms with Crippen molar-refractivity contribution < 1.29 is 0 Å². The van der Waals surface area contributed by atoms with Gasteiger partial charge in [-0.25, -0.2) is 0 Å². The van der Waals surface area contributed by atoms with Crippen LogP contribution >= 0.6 is 11.8 Å². The lowest BCUT2D eigenvalue weighted by atomic mass is 10.1. The summed E-state index contributed by atoms with van der Waals surface area (Å²) in [5.74, 6) is 0. The molecule has 0 amide bonds. The van der Waals surface area contributed by atoms with Crippen LogP contribution in [0.1, 0.15) is 5.69 Å². The minimum Gasteiger partial charge on any atom is -0.257 e. The van der Waals surface area contributed by atoms with Crippen LogP contribution in [0, 0.1) is 6.92 Å². The molecule has 1 aromatic heterocycles. The van der Waals surface area contributed by atoms with Crippen LogP contribution in [0.25, 0.3) is 11.3 Å². The molecular weight excluding hydrogens is 194 g/mol. The Labute approximate surface area is 86.9 Å². The van der Waals surface area contributed by atoms with Gasteiger partial charge in [0.25, 0.3) is 0 Å². The van der Waals surface area contributed by atoms with E-state index < -0.39 is 0 Å². The fourth-order valence-corrected chi connectivity index (χ4v) is 1.72. The Kier molecular flexibility index (Phi) is 2.54. The smallest absolute Gasteiger partial charge is 0.0882 e. The molecule has 0 saturated heterocycles. The fraction of sp³-hybridized carbons (Fsp3) is 0.200. The van der Waals surface area contributed by atoms with Gasteiger partial charge in [0.15, 0.2) is 0 Å². The largest absolute Gasteiger partial charge is 0.257 e. The first-order valence-corrected chi connectivity index (χ1v) is 5.56. The molecule has 4 heteroatoms. The van der Waals surface area contributed by atoms with Gasteiger partial charge in [-0.3, -0.25) is 5.10 Å². The van der Waals surface area contributed by atoms with E-state index in [-0.39, 0.29) is 0 Å². The number of aromatic nitrogens is 3. The van der Waals surface area contributed by atoms with Crippen molar-refractivity contribution in [2.45, 2.75) is 11.8 Å². The molecule has 0 atom stereocenters. The summed E-state index contributed by atoms with van der Waals surface area (Å²) in [5, 5.41) is 10.6. The quantitative estimate of drug-likeness (QED) is 0.766. The Bertz CT molecular complexity index is 419. The number of rotatable bonds is 2. The van der Waals surface area contributed by atoms with Crippen molar-refractivity contribution >= 4 is 11.8 Å². The zero-order chi connectivity index (χ0) is 9.97. The van der Waals surface area contributed by atoms with E-state index in [9.17, 15) is 0 Å². The summed E-state index contributed by atoms with van der Waals surface area (Å²) in [6, 6.07) is 8.35. The summed E-state index contributed by atoms with van der Waals surface area (Å²) in [5.41, 5.74) is 3.06. The van der Waals surface area contributed by atoms with Gasteiger partial charge in [0.05, 0.1) is 11.4 Å². The third-order valence-electron chi connectivity index (χ3n) is 2.10. The minimum atomic E-state index is 0.932. The standard InChI is InChI=1S/C10H11N3S/c1-7-10(12-13-11-7)8-3-5-9(14-2)6-4-8/h3-6H,1-2H3,(H,11,12,13). The Morgan fingerprint density at radius 3 is 2.43 bits per heavy atom. The third-order valence-corrected chi connectivity index (χ3v) is 2.85. The molecule has 0 saturated carbocycles. The van der Waals surface area contributed by atoms with Gasteiger partial charge in [-0.15, -0.1) is 16.9 Å². The molecule has 0 radical (unpaired) electrons. The lowest BCUT2D eigenvalue weighted by Gasteiger charge is -1.99. The molecule has 14 heavy (non-hydrogen) atoms. The first-order valence-electron chi connectivity index (χ1n) is 4.33. The number of H-pyrrole nitrogens is 1. The lowest BCUT2D eigenvalue weighted by Crippen LogP contribution is -1.81. The van der Waals surface area contributed by atoms with Crippen molar-refractivity contribution in [2.24, 2.45) is 0 Å². The number of hydrogen-bond donors (Lipinski definition) is 1. The van der Waals surface area contributed by atoms with E-state index in [2.05, 4.69) is 45.9 Å². The Morgan fingerprint density at radius 2 is 1.93 bits per heavy atom. The van der Waals surface area contributed by atoms with E-state index in [4.69, 9.17) is 0 Å². The topological polar surface area (TPSA) is 41.6 Å². The molecule has 0 unspecified atom stereocenters. The Balaban J connectivity index is 2.39. The zero-order valence-corrected chi connectivity index (χ0v) is 8.93. The molecule has 0 bridgehead atoms.